The molecule has 31 heavy (non-hydrogen) atoms. The standard InChI is InChI=1S/C22H22F3N3O3/c23-22(24,25)17-5-1-4-16(12-17)13-27-9-8-26-20(27)15-28(14-18-6-2-10-30-18)21(29)19-7-3-11-31-19/h1,3-5,7-9,11-12,18H,2,6,10,13-15H2. The zero-order valence-electron chi connectivity index (χ0n) is 16.7. The topological polar surface area (TPSA) is 60.5 Å². The first kappa shape index (κ1) is 21.2. The molecule has 0 saturated carbocycles. The van der Waals surface area contributed by atoms with Crippen LogP contribution < -0.4 is 0 Å². The second kappa shape index (κ2) is 8.97. The van der Waals surface area contributed by atoms with Gasteiger partial charge in [0.25, 0.3) is 5.91 Å². The summed E-state index contributed by atoms with van der Waals surface area (Å²) >= 11 is 0. The normalized spacial score (nSPS) is 16.5. The summed E-state index contributed by atoms with van der Waals surface area (Å²) in [7, 11) is 0. The van der Waals surface area contributed by atoms with E-state index in [2.05, 4.69) is 4.98 Å². The summed E-state index contributed by atoms with van der Waals surface area (Å²) in [6.45, 7) is 1.45. The highest BCUT2D eigenvalue weighted by Crippen LogP contribution is 2.29. The molecule has 0 aliphatic carbocycles. The molecule has 3 aromatic rings. The molecule has 1 aromatic carbocycles. The molecule has 1 saturated heterocycles. The van der Waals surface area contributed by atoms with E-state index in [0.29, 0.717) is 24.5 Å². The summed E-state index contributed by atoms with van der Waals surface area (Å²) in [5.41, 5.74) is -0.197. The first-order chi connectivity index (χ1) is 14.9. The van der Waals surface area contributed by atoms with Gasteiger partial charge in [-0.25, -0.2) is 4.98 Å². The number of hydrogen-bond acceptors (Lipinski definition) is 4. The van der Waals surface area contributed by atoms with Gasteiger partial charge in [-0.1, -0.05) is 12.1 Å². The van der Waals surface area contributed by atoms with Gasteiger partial charge in [0.15, 0.2) is 5.76 Å². The molecule has 4 rings (SSSR count). The first-order valence-electron chi connectivity index (χ1n) is 10.0. The molecule has 6 nitrogen and oxygen atoms in total. The van der Waals surface area contributed by atoms with Crippen LogP contribution in [0.15, 0.2) is 59.5 Å². The van der Waals surface area contributed by atoms with Crippen LogP contribution in [0.1, 0.15) is 40.3 Å². The fourth-order valence-corrected chi connectivity index (χ4v) is 3.66. The van der Waals surface area contributed by atoms with Gasteiger partial charge in [0.1, 0.15) is 5.82 Å². The molecule has 0 N–H and O–H groups in total. The van der Waals surface area contributed by atoms with Crippen molar-refractivity contribution in [2.24, 2.45) is 0 Å². The van der Waals surface area contributed by atoms with E-state index in [4.69, 9.17) is 9.15 Å². The van der Waals surface area contributed by atoms with E-state index in [1.54, 1.807) is 40.1 Å². The number of nitrogens with zero attached hydrogens (tertiary/aromatic N) is 3. The number of imidazole rings is 1. The number of rotatable bonds is 7. The molecule has 1 aliphatic heterocycles. The third-order valence-corrected chi connectivity index (χ3v) is 5.21. The number of aromatic nitrogens is 2. The van der Waals surface area contributed by atoms with Gasteiger partial charge in [0.05, 0.1) is 24.5 Å². The van der Waals surface area contributed by atoms with Gasteiger partial charge in [0.2, 0.25) is 0 Å². The van der Waals surface area contributed by atoms with Crippen molar-refractivity contribution in [3.8, 4) is 0 Å². The predicted molar refractivity (Wildman–Crippen MR) is 105 cm³/mol. The minimum atomic E-state index is -4.40. The van der Waals surface area contributed by atoms with Crippen LogP contribution in [-0.4, -0.2) is 39.6 Å². The third-order valence-electron chi connectivity index (χ3n) is 5.21. The van der Waals surface area contributed by atoms with Crippen molar-refractivity contribution in [3.05, 3.63) is 77.8 Å². The summed E-state index contributed by atoms with van der Waals surface area (Å²) in [6.07, 6.45) is 2.04. The van der Waals surface area contributed by atoms with Crippen molar-refractivity contribution in [2.75, 3.05) is 13.2 Å². The molecular weight excluding hydrogens is 411 g/mol. The van der Waals surface area contributed by atoms with Gasteiger partial charge in [-0.05, 0) is 42.7 Å². The van der Waals surface area contributed by atoms with Crippen LogP contribution in [0.5, 0.6) is 0 Å². The summed E-state index contributed by atoms with van der Waals surface area (Å²) in [6, 6.07) is 8.44. The number of amides is 1. The van der Waals surface area contributed by atoms with Gasteiger partial charge < -0.3 is 18.6 Å². The summed E-state index contributed by atoms with van der Waals surface area (Å²) in [4.78, 5) is 18.9. The molecule has 2 aromatic heterocycles. The number of furan rings is 1. The van der Waals surface area contributed by atoms with Crippen molar-refractivity contribution in [2.45, 2.75) is 38.2 Å². The monoisotopic (exact) mass is 433 g/mol. The number of carbonyl (C=O) groups is 1. The quantitative estimate of drug-likeness (QED) is 0.555. The van der Waals surface area contributed by atoms with E-state index in [-0.39, 0.29) is 30.9 Å². The molecule has 1 fully saturated rings. The molecule has 164 valence electrons. The SMILES string of the molecule is O=C(c1ccco1)N(Cc1nccn1Cc1cccc(C(F)(F)F)c1)CC1CCCO1. The lowest BCUT2D eigenvalue weighted by Gasteiger charge is -2.24. The number of alkyl halides is 3. The fourth-order valence-electron chi connectivity index (χ4n) is 3.66. The molecule has 1 unspecified atom stereocenters. The Kier molecular flexibility index (Phi) is 6.13. The fraction of sp³-hybridized carbons (Fsp3) is 0.364. The lowest BCUT2D eigenvalue weighted by molar-refractivity contribution is -0.137. The van der Waals surface area contributed by atoms with Crippen molar-refractivity contribution in [1.29, 1.82) is 0 Å². The van der Waals surface area contributed by atoms with Crippen LogP contribution in [0.3, 0.4) is 0 Å². The molecule has 1 aliphatic rings. The van der Waals surface area contributed by atoms with Gasteiger partial charge >= 0.3 is 6.18 Å². The minimum absolute atomic E-state index is 0.0641. The second-order valence-corrected chi connectivity index (χ2v) is 7.47. The molecular formula is C22H22F3N3O3. The first-order valence-corrected chi connectivity index (χ1v) is 10.0. The Labute approximate surface area is 177 Å². The highest BCUT2D eigenvalue weighted by Gasteiger charge is 2.30. The maximum absolute atomic E-state index is 13.0. The lowest BCUT2D eigenvalue weighted by Crippen LogP contribution is -2.37. The van der Waals surface area contributed by atoms with E-state index in [1.807, 2.05) is 0 Å². The average molecular weight is 433 g/mol. The van der Waals surface area contributed by atoms with Crippen LogP contribution in [-0.2, 0) is 24.0 Å². The maximum Gasteiger partial charge on any atom is 0.416 e. The number of ether oxygens (including phenoxy) is 1. The third kappa shape index (κ3) is 5.16. The number of carbonyl (C=O) groups excluding carboxylic acids is 1. The molecule has 0 spiro atoms. The Morgan fingerprint density at radius 3 is 2.84 bits per heavy atom. The zero-order chi connectivity index (χ0) is 21.8. The molecule has 9 heteroatoms. The Hall–Kier alpha value is -3.07. The Morgan fingerprint density at radius 1 is 1.26 bits per heavy atom. The largest absolute Gasteiger partial charge is 0.459 e. The predicted octanol–water partition coefficient (Wildman–Crippen LogP) is 4.36. The highest BCUT2D eigenvalue weighted by molar-refractivity contribution is 5.91. The molecule has 0 bridgehead atoms. The zero-order valence-corrected chi connectivity index (χ0v) is 16.7. The Balaban J connectivity index is 1.53. The second-order valence-electron chi connectivity index (χ2n) is 7.47. The summed E-state index contributed by atoms with van der Waals surface area (Å²) in [5, 5.41) is 0. The smallest absolute Gasteiger partial charge is 0.416 e. The van der Waals surface area contributed by atoms with E-state index >= 15 is 0 Å². The van der Waals surface area contributed by atoms with Crippen molar-refractivity contribution < 1.29 is 27.1 Å². The number of halogens is 3. The van der Waals surface area contributed by atoms with E-state index in [1.165, 1.54) is 12.3 Å². The van der Waals surface area contributed by atoms with E-state index in [0.717, 1.165) is 25.0 Å². The summed E-state index contributed by atoms with van der Waals surface area (Å²) in [5.74, 6) is 0.499. The van der Waals surface area contributed by atoms with Gasteiger partial charge in [0, 0.05) is 32.1 Å². The van der Waals surface area contributed by atoms with Crippen molar-refractivity contribution >= 4 is 5.91 Å². The molecule has 0 radical (unpaired) electrons. The maximum atomic E-state index is 13.0. The van der Waals surface area contributed by atoms with Crippen LogP contribution in [0.25, 0.3) is 0 Å². The van der Waals surface area contributed by atoms with Gasteiger partial charge in [-0.2, -0.15) is 13.2 Å². The Bertz CT molecular complexity index is 1010. The minimum Gasteiger partial charge on any atom is -0.459 e. The van der Waals surface area contributed by atoms with Crippen molar-refractivity contribution in [3.63, 3.8) is 0 Å². The molecule has 1 atom stereocenters. The molecule has 3 heterocycles. The number of hydrogen-bond donors (Lipinski definition) is 0. The van der Waals surface area contributed by atoms with E-state index < -0.39 is 11.7 Å². The van der Waals surface area contributed by atoms with Crippen LogP contribution in [0, 0.1) is 0 Å². The van der Waals surface area contributed by atoms with Crippen LogP contribution in [0.4, 0.5) is 13.2 Å². The van der Waals surface area contributed by atoms with Gasteiger partial charge in [-0.15, -0.1) is 0 Å². The Morgan fingerprint density at radius 2 is 2.13 bits per heavy atom. The summed E-state index contributed by atoms with van der Waals surface area (Å²) < 4.78 is 51.8. The number of benzene rings is 1. The highest BCUT2D eigenvalue weighted by atomic mass is 19.4. The average Bonchev–Trinajstić information content (AvgIpc) is 3.51. The molecule has 1 amide bonds. The van der Waals surface area contributed by atoms with Gasteiger partial charge in [-0.3, -0.25) is 4.79 Å². The lowest BCUT2D eigenvalue weighted by atomic mass is 10.1. The van der Waals surface area contributed by atoms with E-state index in [9.17, 15) is 18.0 Å². The van der Waals surface area contributed by atoms with Crippen molar-refractivity contribution in [1.82, 2.24) is 14.5 Å². The van der Waals surface area contributed by atoms with Crippen LogP contribution in [0.2, 0.25) is 0 Å². The van der Waals surface area contributed by atoms with Crippen LogP contribution >= 0.6 is 0 Å².